The van der Waals surface area contributed by atoms with Crippen molar-refractivity contribution in [1.82, 2.24) is 19.7 Å². The SMILES string of the molecule is CN1CCCCC1CCC(=O)N1CCN(Cc2ccc(Cl)nc2)CC1. The van der Waals surface area contributed by atoms with Gasteiger partial charge in [0, 0.05) is 51.4 Å². The van der Waals surface area contributed by atoms with Crippen molar-refractivity contribution < 1.29 is 4.79 Å². The second-order valence-corrected chi connectivity index (χ2v) is 7.70. The van der Waals surface area contributed by atoms with Gasteiger partial charge in [-0.25, -0.2) is 4.98 Å². The van der Waals surface area contributed by atoms with E-state index in [-0.39, 0.29) is 0 Å². The predicted octanol–water partition coefficient (Wildman–Crippen LogP) is 2.64. The number of carbonyl (C=O) groups is 1. The molecule has 0 N–H and O–H groups in total. The fourth-order valence-electron chi connectivity index (χ4n) is 3.87. The fourth-order valence-corrected chi connectivity index (χ4v) is 3.98. The molecule has 0 radical (unpaired) electrons. The maximum atomic E-state index is 12.5. The van der Waals surface area contributed by atoms with E-state index in [2.05, 4.69) is 21.8 Å². The number of nitrogens with zero attached hydrogens (tertiary/aromatic N) is 4. The van der Waals surface area contributed by atoms with Gasteiger partial charge in [0.05, 0.1) is 0 Å². The molecule has 1 amide bonds. The number of piperidine rings is 1. The van der Waals surface area contributed by atoms with E-state index in [1.54, 1.807) is 0 Å². The summed E-state index contributed by atoms with van der Waals surface area (Å²) < 4.78 is 0. The second kappa shape index (κ2) is 8.97. The van der Waals surface area contributed by atoms with E-state index in [0.717, 1.165) is 39.1 Å². The number of likely N-dealkylation sites (tertiary alicyclic amines) is 1. The fraction of sp³-hybridized carbons (Fsp3) is 0.684. The van der Waals surface area contributed by atoms with E-state index in [1.165, 1.54) is 31.4 Å². The zero-order valence-electron chi connectivity index (χ0n) is 15.2. The van der Waals surface area contributed by atoms with Crippen molar-refractivity contribution in [3.63, 3.8) is 0 Å². The summed E-state index contributed by atoms with van der Waals surface area (Å²) in [6.07, 6.45) is 7.38. The van der Waals surface area contributed by atoms with E-state index in [4.69, 9.17) is 11.6 Å². The molecular formula is C19H29ClN4O. The summed E-state index contributed by atoms with van der Waals surface area (Å²) in [6.45, 7) is 5.58. The number of hydrogen-bond donors (Lipinski definition) is 0. The van der Waals surface area contributed by atoms with Crippen LogP contribution in [-0.2, 0) is 11.3 Å². The van der Waals surface area contributed by atoms with Crippen molar-refractivity contribution in [2.24, 2.45) is 0 Å². The molecule has 3 heterocycles. The lowest BCUT2D eigenvalue weighted by molar-refractivity contribution is -0.133. The molecule has 138 valence electrons. The monoisotopic (exact) mass is 364 g/mol. The molecular weight excluding hydrogens is 336 g/mol. The quantitative estimate of drug-likeness (QED) is 0.753. The van der Waals surface area contributed by atoms with Gasteiger partial charge in [0.15, 0.2) is 0 Å². The zero-order valence-corrected chi connectivity index (χ0v) is 15.9. The minimum absolute atomic E-state index is 0.326. The van der Waals surface area contributed by atoms with Gasteiger partial charge < -0.3 is 9.80 Å². The highest BCUT2D eigenvalue weighted by Gasteiger charge is 2.24. The molecule has 1 aromatic heterocycles. The number of rotatable bonds is 5. The van der Waals surface area contributed by atoms with Crippen LogP contribution in [0, 0.1) is 0 Å². The number of hydrogen-bond acceptors (Lipinski definition) is 4. The summed E-state index contributed by atoms with van der Waals surface area (Å²) >= 11 is 5.83. The van der Waals surface area contributed by atoms with Gasteiger partial charge in [-0.2, -0.15) is 0 Å². The van der Waals surface area contributed by atoms with Crippen molar-refractivity contribution in [2.75, 3.05) is 39.8 Å². The second-order valence-electron chi connectivity index (χ2n) is 7.31. The Hall–Kier alpha value is -1.17. The Morgan fingerprint density at radius 3 is 2.68 bits per heavy atom. The van der Waals surface area contributed by atoms with Crippen molar-refractivity contribution in [3.8, 4) is 0 Å². The van der Waals surface area contributed by atoms with Crippen LogP contribution in [0.25, 0.3) is 0 Å². The minimum Gasteiger partial charge on any atom is -0.340 e. The molecule has 0 spiro atoms. The third-order valence-electron chi connectivity index (χ3n) is 5.53. The normalized spacial score (nSPS) is 23.0. The molecule has 25 heavy (non-hydrogen) atoms. The molecule has 2 saturated heterocycles. The molecule has 5 nitrogen and oxygen atoms in total. The van der Waals surface area contributed by atoms with Crippen LogP contribution in [-0.4, -0.2) is 71.4 Å². The van der Waals surface area contributed by atoms with Crippen LogP contribution in [0.15, 0.2) is 18.3 Å². The van der Waals surface area contributed by atoms with Crippen LogP contribution in [0.2, 0.25) is 5.15 Å². The first-order valence-electron chi connectivity index (χ1n) is 9.42. The maximum absolute atomic E-state index is 12.5. The van der Waals surface area contributed by atoms with E-state index in [9.17, 15) is 4.79 Å². The Kier molecular flexibility index (Phi) is 6.68. The minimum atomic E-state index is 0.326. The lowest BCUT2D eigenvalue weighted by Crippen LogP contribution is -2.48. The summed E-state index contributed by atoms with van der Waals surface area (Å²) in [5, 5.41) is 0.530. The van der Waals surface area contributed by atoms with E-state index < -0.39 is 0 Å². The lowest BCUT2D eigenvalue weighted by Gasteiger charge is -2.36. The van der Waals surface area contributed by atoms with Gasteiger partial charge in [-0.1, -0.05) is 24.1 Å². The number of carbonyl (C=O) groups excluding carboxylic acids is 1. The van der Waals surface area contributed by atoms with E-state index >= 15 is 0 Å². The predicted molar refractivity (Wildman–Crippen MR) is 101 cm³/mol. The van der Waals surface area contributed by atoms with Gasteiger partial charge in [0.25, 0.3) is 0 Å². The molecule has 2 fully saturated rings. The Balaban J connectivity index is 1.39. The highest BCUT2D eigenvalue weighted by atomic mass is 35.5. The Morgan fingerprint density at radius 2 is 2.00 bits per heavy atom. The summed E-state index contributed by atoms with van der Waals surface area (Å²) in [6, 6.07) is 4.45. The first-order chi connectivity index (χ1) is 12.1. The zero-order chi connectivity index (χ0) is 17.6. The summed E-state index contributed by atoms with van der Waals surface area (Å²) in [4.78, 5) is 23.5. The lowest BCUT2D eigenvalue weighted by atomic mass is 9.98. The number of pyridine rings is 1. The molecule has 1 unspecified atom stereocenters. The number of piperazine rings is 1. The molecule has 6 heteroatoms. The molecule has 0 bridgehead atoms. The van der Waals surface area contributed by atoms with Gasteiger partial charge in [-0.3, -0.25) is 9.69 Å². The molecule has 2 aliphatic heterocycles. The van der Waals surface area contributed by atoms with Crippen LogP contribution < -0.4 is 0 Å². The van der Waals surface area contributed by atoms with Crippen LogP contribution in [0.3, 0.4) is 0 Å². The Bertz CT molecular complexity index is 557. The molecule has 1 atom stereocenters. The largest absolute Gasteiger partial charge is 0.340 e. The topological polar surface area (TPSA) is 39.7 Å². The summed E-state index contributed by atoms with van der Waals surface area (Å²) in [5.41, 5.74) is 1.17. The third kappa shape index (κ3) is 5.40. The summed E-state index contributed by atoms with van der Waals surface area (Å²) in [7, 11) is 2.19. The van der Waals surface area contributed by atoms with Crippen molar-refractivity contribution in [2.45, 2.75) is 44.7 Å². The standard InChI is InChI=1S/C19H29ClN4O/c1-22-9-3-2-4-17(22)6-8-19(25)24-12-10-23(11-13-24)15-16-5-7-18(20)21-14-16/h5,7,14,17H,2-4,6,8-13,15H2,1H3. The van der Waals surface area contributed by atoms with Gasteiger partial charge in [-0.15, -0.1) is 0 Å². The van der Waals surface area contributed by atoms with Crippen LogP contribution in [0.1, 0.15) is 37.7 Å². The van der Waals surface area contributed by atoms with Crippen molar-refractivity contribution in [1.29, 1.82) is 0 Å². The number of amides is 1. The summed E-state index contributed by atoms with van der Waals surface area (Å²) in [5.74, 6) is 0.326. The van der Waals surface area contributed by atoms with Gasteiger partial charge in [0.1, 0.15) is 5.15 Å². The molecule has 1 aromatic rings. The van der Waals surface area contributed by atoms with Crippen molar-refractivity contribution >= 4 is 17.5 Å². The first-order valence-corrected chi connectivity index (χ1v) is 9.80. The number of halogens is 1. The van der Waals surface area contributed by atoms with Crippen LogP contribution in [0.5, 0.6) is 0 Å². The molecule has 3 rings (SSSR count). The highest BCUT2D eigenvalue weighted by Crippen LogP contribution is 2.20. The van der Waals surface area contributed by atoms with Crippen molar-refractivity contribution in [3.05, 3.63) is 29.0 Å². The van der Waals surface area contributed by atoms with Crippen LogP contribution in [0.4, 0.5) is 0 Å². The van der Waals surface area contributed by atoms with E-state index in [1.807, 2.05) is 23.2 Å². The Labute approximate surface area is 155 Å². The van der Waals surface area contributed by atoms with Gasteiger partial charge >= 0.3 is 0 Å². The van der Waals surface area contributed by atoms with Crippen LogP contribution >= 0.6 is 11.6 Å². The average molecular weight is 365 g/mol. The average Bonchev–Trinajstić information content (AvgIpc) is 2.63. The Morgan fingerprint density at radius 1 is 1.20 bits per heavy atom. The maximum Gasteiger partial charge on any atom is 0.222 e. The molecule has 0 saturated carbocycles. The third-order valence-corrected chi connectivity index (χ3v) is 5.76. The first kappa shape index (κ1) is 18.6. The smallest absolute Gasteiger partial charge is 0.222 e. The van der Waals surface area contributed by atoms with E-state index in [0.29, 0.717) is 23.5 Å². The molecule has 2 aliphatic rings. The highest BCUT2D eigenvalue weighted by molar-refractivity contribution is 6.29. The number of aromatic nitrogens is 1. The van der Waals surface area contributed by atoms with Gasteiger partial charge in [-0.05, 0) is 44.5 Å². The van der Waals surface area contributed by atoms with Gasteiger partial charge in [0.2, 0.25) is 5.91 Å². The molecule has 0 aliphatic carbocycles. The molecule has 0 aromatic carbocycles.